The van der Waals surface area contributed by atoms with Crippen molar-refractivity contribution < 1.29 is 23.1 Å². The van der Waals surface area contributed by atoms with Crippen molar-refractivity contribution in [2.24, 2.45) is 11.8 Å². The van der Waals surface area contributed by atoms with Gasteiger partial charge in [0.25, 0.3) is 0 Å². The molecule has 28 heavy (non-hydrogen) atoms. The Morgan fingerprint density at radius 2 is 1.96 bits per heavy atom. The van der Waals surface area contributed by atoms with Crippen molar-refractivity contribution in [3.63, 3.8) is 0 Å². The van der Waals surface area contributed by atoms with Crippen LogP contribution in [0.2, 0.25) is 0 Å². The van der Waals surface area contributed by atoms with Crippen molar-refractivity contribution in [1.29, 1.82) is 0 Å². The Labute approximate surface area is 170 Å². The predicted octanol–water partition coefficient (Wildman–Crippen LogP) is 4.41. The smallest absolute Gasteiger partial charge is 0.407 e. The Bertz CT molecular complexity index is 594. The van der Waals surface area contributed by atoms with Crippen LogP contribution in [0, 0.1) is 11.8 Å². The second-order valence-electron chi connectivity index (χ2n) is 8.76. The number of nitrogens with one attached hydrogen (secondary N) is 1. The summed E-state index contributed by atoms with van der Waals surface area (Å²) in [7, 11) is 0. The van der Waals surface area contributed by atoms with Gasteiger partial charge in [-0.25, -0.2) is 13.6 Å². The van der Waals surface area contributed by atoms with Gasteiger partial charge < -0.3 is 15.0 Å². The molecular formula is C20H32F2N2O3S. The van der Waals surface area contributed by atoms with Crippen molar-refractivity contribution >= 4 is 23.8 Å². The summed E-state index contributed by atoms with van der Waals surface area (Å²) in [6, 6.07) is -0.567. The van der Waals surface area contributed by atoms with Crippen molar-refractivity contribution in [2.45, 2.75) is 88.6 Å². The number of ether oxygens (including phenoxy) is 1. The first kappa shape index (κ1) is 21.7. The van der Waals surface area contributed by atoms with E-state index in [0.717, 1.165) is 18.6 Å². The van der Waals surface area contributed by atoms with Crippen LogP contribution in [0.4, 0.5) is 13.6 Å². The molecule has 5 nitrogen and oxygen atoms in total. The first-order chi connectivity index (χ1) is 13.2. The molecule has 0 aromatic heterocycles. The van der Waals surface area contributed by atoms with Gasteiger partial charge in [-0.15, -0.1) is 11.8 Å². The number of nitrogens with zero attached hydrogens (tertiary/aromatic N) is 1. The third-order valence-corrected chi connectivity index (χ3v) is 8.29. The summed E-state index contributed by atoms with van der Waals surface area (Å²) < 4.78 is 31.7. The molecule has 3 rings (SSSR count). The third kappa shape index (κ3) is 4.26. The predicted molar refractivity (Wildman–Crippen MR) is 105 cm³/mol. The van der Waals surface area contributed by atoms with Crippen LogP contribution in [0.5, 0.6) is 0 Å². The van der Waals surface area contributed by atoms with Crippen LogP contribution in [0.15, 0.2) is 0 Å². The van der Waals surface area contributed by atoms with E-state index in [9.17, 15) is 18.4 Å². The Morgan fingerprint density at radius 1 is 1.29 bits per heavy atom. The average Bonchev–Trinajstić information content (AvgIpc) is 3.04. The van der Waals surface area contributed by atoms with Gasteiger partial charge in [0, 0.05) is 18.6 Å². The molecule has 2 heterocycles. The maximum atomic E-state index is 13.2. The summed E-state index contributed by atoms with van der Waals surface area (Å²) in [6.45, 7) is 6.56. The van der Waals surface area contributed by atoms with E-state index in [2.05, 4.69) is 26.1 Å². The molecule has 1 N–H and O–H groups in total. The highest BCUT2D eigenvalue weighted by Gasteiger charge is 2.53. The van der Waals surface area contributed by atoms with E-state index in [1.807, 2.05) is 16.7 Å². The molecule has 2 saturated heterocycles. The van der Waals surface area contributed by atoms with Gasteiger partial charge in [-0.05, 0) is 43.9 Å². The SMILES string of the molecule is CCC1(C(C)C)CSC2CCC(NC(=O)OCC3CCC(F)(F)CC3)C(=O)N21. The van der Waals surface area contributed by atoms with Crippen LogP contribution in [-0.4, -0.2) is 52.1 Å². The lowest BCUT2D eigenvalue weighted by atomic mass is 9.82. The number of alkyl carbamates (subject to hydrolysis) is 1. The normalized spacial score (nSPS) is 33.1. The number of halogens is 2. The van der Waals surface area contributed by atoms with Crippen molar-refractivity contribution in [1.82, 2.24) is 10.2 Å². The molecule has 3 unspecified atom stereocenters. The Hall–Kier alpha value is -1.05. The lowest BCUT2D eigenvalue weighted by Gasteiger charge is -2.46. The quantitative estimate of drug-likeness (QED) is 0.719. The van der Waals surface area contributed by atoms with Crippen LogP contribution in [-0.2, 0) is 9.53 Å². The van der Waals surface area contributed by atoms with E-state index >= 15 is 0 Å². The maximum Gasteiger partial charge on any atom is 0.407 e. The first-order valence-electron chi connectivity index (χ1n) is 10.4. The topological polar surface area (TPSA) is 58.6 Å². The molecule has 160 valence electrons. The van der Waals surface area contributed by atoms with Gasteiger partial charge in [0.1, 0.15) is 6.04 Å². The Balaban J connectivity index is 1.53. The van der Waals surface area contributed by atoms with Crippen LogP contribution in [0.25, 0.3) is 0 Å². The van der Waals surface area contributed by atoms with E-state index in [0.29, 0.717) is 25.2 Å². The van der Waals surface area contributed by atoms with Crippen LogP contribution in [0.1, 0.15) is 65.7 Å². The lowest BCUT2D eigenvalue weighted by molar-refractivity contribution is -0.144. The summed E-state index contributed by atoms with van der Waals surface area (Å²) in [6.07, 6.45) is 2.17. The van der Waals surface area contributed by atoms with E-state index < -0.39 is 18.1 Å². The summed E-state index contributed by atoms with van der Waals surface area (Å²) in [5.41, 5.74) is -0.163. The molecule has 1 saturated carbocycles. The number of hydrogen-bond donors (Lipinski definition) is 1. The standard InChI is InChI=1S/C20H32F2N2O3S/c1-4-19(13(2)3)12-28-16-6-5-15(17(25)24(16)19)23-18(26)27-11-14-7-9-20(21,22)10-8-14/h13-16H,4-12H2,1-3H3,(H,23,26). The highest BCUT2D eigenvalue weighted by molar-refractivity contribution is 8.00. The highest BCUT2D eigenvalue weighted by Crippen LogP contribution is 2.47. The zero-order valence-electron chi connectivity index (χ0n) is 17.0. The first-order valence-corrected chi connectivity index (χ1v) is 11.5. The fourth-order valence-corrected chi connectivity index (χ4v) is 6.67. The number of amides is 2. The molecule has 0 spiro atoms. The molecule has 3 aliphatic rings. The van der Waals surface area contributed by atoms with E-state index in [-0.39, 0.29) is 42.2 Å². The number of carbonyl (C=O) groups excluding carboxylic acids is 2. The monoisotopic (exact) mass is 418 g/mol. The third-order valence-electron chi connectivity index (χ3n) is 6.80. The Kier molecular flexibility index (Phi) is 6.47. The largest absolute Gasteiger partial charge is 0.449 e. The molecule has 0 aromatic rings. The molecule has 0 bridgehead atoms. The van der Waals surface area contributed by atoms with Gasteiger partial charge in [-0.1, -0.05) is 20.8 Å². The summed E-state index contributed by atoms with van der Waals surface area (Å²) >= 11 is 1.84. The maximum absolute atomic E-state index is 13.2. The van der Waals surface area contributed by atoms with Crippen molar-refractivity contribution in [3.8, 4) is 0 Å². The molecular weight excluding hydrogens is 386 g/mol. The lowest BCUT2D eigenvalue weighted by Crippen LogP contribution is -2.62. The summed E-state index contributed by atoms with van der Waals surface area (Å²) in [5.74, 6) is -1.36. The second kappa shape index (κ2) is 8.36. The summed E-state index contributed by atoms with van der Waals surface area (Å²) in [4.78, 5) is 27.4. The van der Waals surface area contributed by atoms with Gasteiger partial charge in [-0.2, -0.15) is 0 Å². The van der Waals surface area contributed by atoms with Crippen LogP contribution in [0.3, 0.4) is 0 Å². The Morgan fingerprint density at radius 3 is 2.57 bits per heavy atom. The number of thioether (sulfide) groups is 1. The van der Waals surface area contributed by atoms with Gasteiger partial charge in [-0.3, -0.25) is 4.79 Å². The second-order valence-corrected chi connectivity index (χ2v) is 9.92. The molecule has 8 heteroatoms. The van der Waals surface area contributed by atoms with Crippen molar-refractivity contribution in [2.75, 3.05) is 12.4 Å². The number of fused-ring (bicyclic) bond motifs is 1. The average molecular weight is 419 g/mol. The van der Waals surface area contributed by atoms with Crippen LogP contribution < -0.4 is 5.32 Å². The van der Waals surface area contributed by atoms with Crippen molar-refractivity contribution in [3.05, 3.63) is 0 Å². The molecule has 0 radical (unpaired) electrons. The molecule has 3 fully saturated rings. The zero-order chi connectivity index (χ0) is 20.5. The van der Waals surface area contributed by atoms with Gasteiger partial charge >= 0.3 is 6.09 Å². The van der Waals surface area contributed by atoms with E-state index in [1.165, 1.54) is 0 Å². The molecule has 2 aliphatic heterocycles. The minimum absolute atomic E-state index is 0.0222. The van der Waals surface area contributed by atoms with E-state index in [1.54, 1.807) is 0 Å². The van der Waals surface area contributed by atoms with Crippen LogP contribution >= 0.6 is 11.8 Å². The molecule has 2 amide bonds. The number of carbonyl (C=O) groups is 2. The zero-order valence-corrected chi connectivity index (χ0v) is 17.8. The minimum Gasteiger partial charge on any atom is -0.449 e. The van der Waals surface area contributed by atoms with Gasteiger partial charge in [0.05, 0.1) is 17.5 Å². The van der Waals surface area contributed by atoms with Gasteiger partial charge in [0.2, 0.25) is 11.8 Å². The minimum atomic E-state index is -2.58. The number of alkyl halides is 2. The summed E-state index contributed by atoms with van der Waals surface area (Å²) in [5, 5.41) is 2.92. The number of piperidine rings is 1. The molecule has 0 aromatic carbocycles. The fraction of sp³-hybridized carbons (Fsp3) is 0.900. The molecule has 1 aliphatic carbocycles. The highest BCUT2D eigenvalue weighted by atomic mass is 32.2. The molecule has 3 atom stereocenters. The number of rotatable bonds is 5. The van der Waals surface area contributed by atoms with Gasteiger partial charge in [0.15, 0.2) is 0 Å². The number of hydrogen-bond acceptors (Lipinski definition) is 4. The fourth-order valence-electron chi connectivity index (χ4n) is 4.75. The van der Waals surface area contributed by atoms with E-state index in [4.69, 9.17) is 4.74 Å².